The summed E-state index contributed by atoms with van der Waals surface area (Å²) >= 11 is 0. The van der Waals surface area contributed by atoms with Gasteiger partial charge in [0.15, 0.2) is 0 Å². The Morgan fingerprint density at radius 3 is 2.30 bits per heavy atom. The molecule has 0 saturated carbocycles. The summed E-state index contributed by atoms with van der Waals surface area (Å²) in [5.41, 5.74) is 7.24. The van der Waals surface area contributed by atoms with Crippen LogP contribution in [-0.4, -0.2) is 11.4 Å². The number of hydrogen-bond acceptors (Lipinski definition) is 3. The minimum atomic E-state index is 0.300. The summed E-state index contributed by atoms with van der Waals surface area (Å²) < 4.78 is 0. The Hall–Kier alpha value is -1.38. The minimum absolute atomic E-state index is 0.300. The van der Waals surface area contributed by atoms with Gasteiger partial charge in [0.2, 0.25) is 0 Å². The van der Waals surface area contributed by atoms with Crippen LogP contribution in [0.5, 0.6) is 0 Å². The van der Waals surface area contributed by atoms with Gasteiger partial charge in [-0.3, -0.25) is 5.41 Å². The van der Waals surface area contributed by atoms with Gasteiger partial charge in [0.05, 0.1) is 17.1 Å². The monoisotopic (exact) mass is 135 g/mol. The van der Waals surface area contributed by atoms with E-state index in [4.69, 9.17) is 16.6 Å². The Bertz CT molecular complexity index is 230. The quantitative estimate of drug-likeness (QED) is 0.423. The number of rotatable bonds is 0. The predicted octanol–water partition coefficient (Wildman–Crippen LogP) is 0.828. The molecule has 3 heteroatoms. The Morgan fingerprint density at radius 1 is 1.20 bits per heavy atom. The number of nitrogens with two attached hydrogens (primary N) is 1. The molecule has 0 aliphatic heterocycles. The molecule has 0 bridgehead atoms. The molecule has 3 nitrogen and oxygen atoms in total. The van der Waals surface area contributed by atoms with Gasteiger partial charge in [-0.05, 0) is 24.6 Å². The van der Waals surface area contributed by atoms with E-state index in [9.17, 15) is 0 Å². The van der Waals surface area contributed by atoms with Crippen LogP contribution in [-0.2, 0) is 0 Å². The van der Waals surface area contributed by atoms with Crippen molar-refractivity contribution in [2.75, 3.05) is 0 Å². The van der Waals surface area contributed by atoms with Gasteiger partial charge in [-0.25, -0.2) is 0 Å². The van der Waals surface area contributed by atoms with Gasteiger partial charge < -0.3 is 11.1 Å². The van der Waals surface area contributed by atoms with Crippen molar-refractivity contribution in [2.45, 2.75) is 6.92 Å². The SMILES string of the molecule is CC1=CC(=N)C(N)=CC1=N. The summed E-state index contributed by atoms with van der Waals surface area (Å²) in [6, 6.07) is 0. The highest BCUT2D eigenvalue weighted by Crippen LogP contribution is 2.06. The Kier molecular flexibility index (Phi) is 1.41. The fourth-order valence-corrected chi connectivity index (χ4v) is 0.725. The molecule has 0 saturated heterocycles. The van der Waals surface area contributed by atoms with E-state index >= 15 is 0 Å². The summed E-state index contributed by atoms with van der Waals surface area (Å²) in [4.78, 5) is 0. The van der Waals surface area contributed by atoms with Crippen LogP contribution in [0, 0.1) is 10.8 Å². The van der Waals surface area contributed by atoms with E-state index in [-0.39, 0.29) is 0 Å². The lowest BCUT2D eigenvalue weighted by atomic mass is 10.0. The maximum absolute atomic E-state index is 7.29. The second-order valence-electron chi connectivity index (χ2n) is 2.25. The minimum Gasteiger partial charge on any atom is -0.397 e. The summed E-state index contributed by atoms with van der Waals surface area (Å²) in [7, 11) is 0. The van der Waals surface area contributed by atoms with Gasteiger partial charge in [0.25, 0.3) is 0 Å². The van der Waals surface area contributed by atoms with E-state index in [1.807, 2.05) is 0 Å². The lowest BCUT2D eigenvalue weighted by Crippen LogP contribution is -2.16. The van der Waals surface area contributed by atoms with Crippen molar-refractivity contribution in [3.8, 4) is 0 Å². The van der Waals surface area contributed by atoms with E-state index in [2.05, 4.69) is 0 Å². The molecular formula is C7H9N3. The van der Waals surface area contributed by atoms with Gasteiger partial charge in [-0.15, -0.1) is 0 Å². The smallest absolute Gasteiger partial charge is 0.0773 e. The molecule has 0 heterocycles. The van der Waals surface area contributed by atoms with E-state index in [1.165, 1.54) is 6.08 Å². The number of allylic oxidation sites excluding steroid dienone is 3. The predicted molar refractivity (Wildman–Crippen MR) is 41.5 cm³/mol. The maximum atomic E-state index is 7.29. The van der Waals surface area contributed by atoms with E-state index in [0.717, 1.165) is 5.57 Å². The highest BCUT2D eigenvalue weighted by Gasteiger charge is 2.07. The average Bonchev–Trinajstić information content (AvgIpc) is 1.84. The fraction of sp³-hybridized carbons (Fsp3) is 0.143. The zero-order chi connectivity index (χ0) is 7.72. The van der Waals surface area contributed by atoms with Crippen molar-refractivity contribution in [1.29, 1.82) is 10.8 Å². The Morgan fingerprint density at radius 2 is 1.80 bits per heavy atom. The summed E-state index contributed by atoms with van der Waals surface area (Å²) in [5.74, 6) is 0. The molecule has 0 amide bonds. The third-order valence-electron chi connectivity index (χ3n) is 1.40. The second-order valence-corrected chi connectivity index (χ2v) is 2.25. The van der Waals surface area contributed by atoms with Crippen molar-refractivity contribution < 1.29 is 0 Å². The molecule has 10 heavy (non-hydrogen) atoms. The van der Waals surface area contributed by atoms with Gasteiger partial charge in [-0.1, -0.05) is 0 Å². The van der Waals surface area contributed by atoms with Crippen molar-refractivity contribution in [3.63, 3.8) is 0 Å². The van der Waals surface area contributed by atoms with Crippen LogP contribution < -0.4 is 5.73 Å². The summed E-state index contributed by atoms with van der Waals surface area (Å²) in [6.45, 7) is 1.79. The molecule has 0 unspecified atom stereocenters. The average molecular weight is 135 g/mol. The fourth-order valence-electron chi connectivity index (χ4n) is 0.725. The Labute approximate surface area is 59.3 Å². The first kappa shape index (κ1) is 6.74. The van der Waals surface area contributed by atoms with Gasteiger partial charge in [-0.2, -0.15) is 0 Å². The standard InChI is InChI=1S/C7H9N3/c1-4-2-6(9)7(10)3-5(4)8/h2-3,8-9H,10H2,1H3. The summed E-state index contributed by atoms with van der Waals surface area (Å²) in [6.07, 6.45) is 3.09. The highest BCUT2D eigenvalue weighted by atomic mass is 14.6. The van der Waals surface area contributed by atoms with Crippen LogP contribution >= 0.6 is 0 Å². The van der Waals surface area contributed by atoms with Gasteiger partial charge in [0.1, 0.15) is 0 Å². The molecule has 0 aromatic heterocycles. The number of hydrogen-bond donors (Lipinski definition) is 3. The van der Waals surface area contributed by atoms with Crippen molar-refractivity contribution in [3.05, 3.63) is 23.4 Å². The van der Waals surface area contributed by atoms with Gasteiger partial charge >= 0.3 is 0 Å². The van der Waals surface area contributed by atoms with Crippen LogP contribution in [0.1, 0.15) is 6.92 Å². The lowest BCUT2D eigenvalue weighted by molar-refractivity contribution is 1.36. The highest BCUT2D eigenvalue weighted by molar-refractivity contribution is 6.21. The van der Waals surface area contributed by atoms with Crippen LogP contribution in [0.15, 0.2) is 23.4 Å². The van der Waals surface area contributed by atoms with E-state index in [1.54, 1.807) is 13.0 Å². The molecular weight excluding hydrogens is 126 g/mol. The van der Waals surface area contributed by atoms with Crippen LogP contribution in [0.2, 0.25) is 0 Å². The lowest BCUT2D eigenvalue weighted by Gasteiger charge is -2.08. The molecule has 1 aliphatic rings. The molecule has 0 radical (unpaired) electrons. The second kappa shape index (κ2) is 2.10. The van der Waals surface area contributed by atoms with Crippen LogP contribution in [0.4, 0.5) is 0 Å². The van der Waals surface area contributed by atoms with Crippen LogP contribution in [0.25, 0.3) is 0 Å². The van der Waals surface area contributed by atoms with E-state index in [0.29, 0.717) is 17.1 Å². The third-order valence-corrected chi connectivity index (χ3v) is 1.40. The third kappa shape index (κ3) is 0.978. The molecule has 0 aromatic rings. The molecule has 0 aromatic carbocycles. The molecule has 4 N–H and O–H groups in total. The number of nitrogens with one attached hydrogen (secondary N) is 2. The topological polar surface area (TPSA) is 73.7 Å². The first-order valence-corrected chi connectivity index (χ1v) is 2.94. The molecule has 0 fully saturated rings. The zero-order valence-corrected chi connectivity index (χ0v) is 5.73. The molecule has 0 atom stereocenters. The zero-order valence-electron chi connectivity index (χ0n) is 5.73. The molecule has 0 spiro atoms. The molecule has 1 rings (SSSR count). The van der Waals surface area contributed by atoms with Crippen molar-refractivity contribution in [1.82, 2.24) is 0 Å². The van der Waals surface area contributed by atoms with Gasteiger partial charge in [0, 0.05) is 0 Å². The normalized spacial score (nSPS) is 18.5. The van der Waals surface area contributed by atoms with Crippen molar-refractivity contribution in [2.24, 2.45) is 5.73 Å². The summed E-state index contributed by atoms with van der Waals surface area (Å²) in [5, 5.41) is 14.5. The van der Waals surface area contributed by atoms with E-state index < -0.39 is 0 Å². The van der Waals surface area contributed by atoms with Crippen molar-refractivity contribution >= 4 is 11.4 Å². The Balaban J connectivity index is 3.03. The maximum Gasteiger partial charge on any atom is 0.0773 e. The van der Waals surface area contributed by atoms with Crippen LogP contribution in [0.3, 0.4) is 0 Å². The first-order valence-electron chi connectivity index (χ1n) is 2.94. The first-order chi connectivity index (χ1) is 4.61. The largest absolute Gasteiger partial charge is 0.397 e. The molecule has 1 aliphatic carbocycles. The molecule has 52 valence electrons.